The number of ether oxygens (including phenoxy) is 1. The number of fused-ring (bicyclic) bond motifs is 1. The molecule has 0 bridgehead atoms. The maximum atomic E-state index is 12.8. The Labute approximate surface area is 180 Å². The summed E-state index contributed by atoms with van der Waals surface area (Å²) in [4.78, 5) is 18.8. The van der Waals surface area contributed by atoms with E-state index in [-0.39, 0.29) is 19.1 Å². The minimum Gasteiger partial charge on any atom is -0.484 e. The van der Waals surface area contributed by atoms with Crippen molar-refractivity contribution < 1.29 is 14.1 Å². The van der Waals surface area contributed by atoms with Gasteiger partial charge in [-0.3, -0.25) is 4.79 Å². The summed E-state index contributed by atoms with van der Waals surface area (Å²) in [5, 5.41) is 6.22. The van der Waals surface area contributed by atoms with E-state index in [4.69, 9.17) is 9.26 Å². The summed E-state index contributed by atoms with van der Waals surface area (Å²) in [5.74, 6) is 1.31. The smallest absolute Gasteiger partial charge is 0.261 e. The molecule has 6 heteroatoms. The Morgan fingerprint density at radius 1 is 1.10 bits per heavy atom. The largest absolute Gasteiger partial charge is 0.484 e. The van der Waals surface area contributed by atoms with E-state index in [9.17, 15) is 4.79 Å². The first kappa shape index (κ1) is 20.3. The number of carbonyl (C=O) groups excluding carboxylic acids is 1. The molecule has 0 aliphatic rings. The maximum Gasteiger partial charge on any atom is 0.261 e. The highest BCUT2D eigenvalue weighted by Crippen LogP contribution is 2.21. The van der Waals surface area contributed by atoms with Crippen molar-refractivity contribution in [3.8, 4) is 17.1 Å². The van der Waals surface area contributed by atoms with Crippen LogP contribution in [0.4, 0.5) is 0 Å². The zero-order valence-electron chi connectivity index (χ0n) is 17.3. The van der Waals surface area contributed by atoms with E-state index in [1.165, 1.54) is 0 Å². The Kier molecular flexibility index (Phi) is 6.08. The fourth-order valence-corrected chi connectivity index (χ4v) is 3.29. The highest BCUT2D eigenvalue weighted by Gasteiger charge is 2.18. The number of carbonyl (C=O) groups is 1. The van der Waals surface area contributed by atoms with Crippen LogP contribution in [0.5, 0.6) is 5.75 Å². The van der Waals surface area contributed by atoms with Crippen LogP contribution in [0.2, 0.25) is 0 Å². The Hall–Kier alpha value is -3.93. The summed E-state index contributed by atoms with van der Waals surface area (Å²) in [6, 6.07) is 21.6. The lowest BCUT2D eigenvalue weighted by Crippen LogP contribution is -2.34. The van der Waals surface area contributed by atoms with Gasteiger partial charge in [0.2, 0.25) is 11.7 Å². The van der Waals surface area contributed by atoms with Crippen molar-refractivity contribution in [3.63, 3.8) is 0 Å². The molecule has 0 aliphatic heterocycles. The average Bonchev–Trinajstić information content (AvgIpc) is 3.26. The first-order valence-electron chi connectivity index (χ1n) is 10.0. The highest BCUT2D eigenvalue weighted by atomic mass is 16.5. The molecule has 1 aromatic heterocycles. The number of benzene rings is 3. The molecule has 0 fully saturated rings. The normalized spacial score (nSPS) is 10.7. The monoisotopic (exact) mass is 413 g/mol. The van der Waals surface area contributed by atoms with Gasteiger partial charge in [-0.15, -0.1) is 6.58 Å². The molecule has 4 aromatic rings. The Bertz CT molecular complexity index is 1220. The third kappa shape index (κ3) is 4.98. The SMILES string of the molecule is C=CCN(Cc1nc(-c2cccc(C)c2)no1)C(=O)COc1ccc2ccccc2c1. The molecular formula is C25H23N3O3. The van der Waals surface area contributed by atoms with Crippen LogP contribution < -0.4 is 4.74 Å². The summed E-state index contributed by atoms with van der Waals surface area (Å²) >= 11 is 0. The van der Waals surface area contributed by atoms with Crippen LogP contribution in [0.25, 0.3) is 22.2 Å². The van der Waals surface area contributed by atoms with Crippen molar-refractivity contribution in [2.45, 2.75) is 13.5 Å². The molecule has 1 amide bonds. The maximum absolute atomic E-state index is 12.8. The molecule has 0 spiro atoms. The standard InChI is InChI=1S/C25H23N3O3/c1-3-13-28(16-23-26-25(27-31-23)21-10-6-7-18(2)14-21)24(29)17-30-22-12-11-19-8-4-5-9-20(19)15-22/h3-12,14-15H,1,13,16-17H2,2H3. The molecule has 4 rings (SSSR count). The van der Waals surface area contributed by atoms with Crippen LogP contribution in [0, 0.1) is 6.92 Å². The predicted octanol–water partition coefficient (Wildman–Crippen LogP) is 4.79. The van der Waals surface area contributed by atoms with Gasteiger partial charge in [0.25, 0.3) is 5.91 Å². The van der Waals surface area contributed by atoms with Gasteiger partial charge >= 0.3 is 0 Å². The Morgan fingerprint density at radius 2 is 1.94 bits per heavy atom. The fourth-order valence-electron chi connectivity index (χ4n) is 3.29. The number of nitrogens with zero attached hydrogens (tertiary/aromatic N) is 3. The second kappa shape index (κ2) is 9.26. The molecule has 0 saturated carbocycles. The quantitative estimate of drug-likeness (QED) is 0.389. The van der Waals surface area contributed by atoms with Crippen LogP contribution >= 0.6 is 0 Å². The summed E-state index contributed by atoms with van der Waals surface area (Å²) in [6.45, 7) is 6.18. The molecule has 0 aliphatic carbocycles. The lowest BCUT2D eigenvalue weighted by Gasteiger charge is -2.19. The van der Waals surface area contributed by atoms with E-state index in [1.54, 1.807) is 11.0 Å². The van der Waals surface area contributed by atoms with E-state index >= 15 is 0 Å². The zero-order chi connectivity index (χ0) is 21.6. The predicted molar refractivity (Wildman–Crippen MR) is 120 cm³/mol. The molecule has 0 saturated heterocycles. The van der Waals surface area contributed by atoms with Gasteiger partial charge in [-0.1, -0.05) is 65.3 Å². The van der Waals surface area contributed by atoms with Crippen molar-refractivity contribution >= 4 is 16.7 Å². The van der Waals surface area contributed by atoms with Gasteiger partial charge in [0.15, 0.2) is 6.61 Å². The zero-order valence-corrected chi connectivity index (χ0v) is 17.3. The van der Waals surface area contributed by atoms with Crippen LogP contribution in [0.3, 0.4) is 0 Å². The van der Waals surface area contributed by atoms with Crippen molar-refractivity contribution in [3.05, 3.63) is 90.8 Å². The number of hydrogen-bond donors (Lipinski definition) is 0. The minimum absolute atomic E-state index is 0.0922. The number of rotatable bonds is 8. The second-order valence-electron chi connectivity index (χ2n) is 7.24. The van der Waals surface area contributed by atoms with Gasteiger partial charge < -0.3 is 14.2 Å². The lowest BCUT2D eigenvalue weighted by atomic mass is 10.1. The average molecular weight is 413 g/mol. The summed E-state index contributed by atoms with van der Waals surface area (Å²) < 4.78 is 11.1. The number of amides is 1. The Balaban J connectivity index is 1.42. The van der Waals surface area contributed by atoms with Crippen LogP contribution in [-0.2, 0) is 11.3 Å². The van der Waals surface area contributed by atoms with E-state index < -0.39 is 0 Å². The van der Waals surface area contributed by atoms with Crippen LogP contribution in [-0.4, -0.2) is 34.1 Å². The molecule has 0 unspecified atom stereocenters. The number of hydrogen-bond acceptors (Lipinski definition) is 5. The summed E-state index contributed by atoms with van der Waals surface area (Å²) in [5.41, 5.74) is 1.98. The highest BCUT2D eigenvalue weighted by molar-refractivity contribution is 5.84. The molecule has 156 valence electrons. The van der Waals surface area contributed by atoms with E-state index in [2.05, 4.69) is 16.7 Å². The van der Waals surface area contributed by atoms with Gasteiger partial charge in [0.05, 0.1) is 0 Å². The third-order valence-electron chi connectivity index (χ3n) is 4.86. The van der Waals surface area contributed by atoms with Crippen LogP contribution in [0.15, 0.2) is 83.9 Å². The van der Waals surface area contributed by atoms with Gasteiger partial charge in [0.1, 0.15) is 12.3 Å². The van der Waals surface area contributed by atoms with Crippen molar-refractivity contribution in [2.75, 3.05) is 13.2 Å². The van der Waals surface area contributed by atoms with Gasteiger partial charge in [-0.25, -0.2) is 0 Å². The molecule has 0 N–H and O–H groups in total. The van der Waals surface area contributed by atoms with Crippen molar-refractivity contribution in [1.82, 2.24) is 15.0 Å². The number of aromatic nitrogens is 2. The van der Waals surface area contributed by atoms with E-state index in [1.807, 2.05) is 73.7 Å². The van der Waals surface area contributed by atoms with E-state index in [0.717, 1.165) is 21.9 Å². The topological polar surface area (TPSA) is 68.5 Å². The van der Waals surface area contributed by atoms with Crippen molar-refractivity contribution in [1.29, 1.82) is 0 Å². The lowest BCUT2D eigenvalue weighted by molar-refractivity contribution is -0.133. The molecule has 3 aromatic carbocycles. The summed E-state index contributed by atoms with van der Waals surface area (Å²) in [7, 11) is 0. The first-order valence-corrected chi connectivity index (χ1v) is 10.0. The number of aryl methyl sites for hydroxylation is 1. The molecular weight excluding hydrogens is 390 g/mol. The van der Waals surface area contributed by atoms with Crippen molar-refractivity contribution in [2.24, 2.45) is 0 Å². The molecule has 6 nitrogen and oxygen atoms in total. The fraction of sp³-hybridized carbons (Fsp3) is 0.160. The third-order valence-corrected chi connectivity index (χ3v) is 4.86. The summed E-state index contributed by atoms with van der Waals surface area (Å²) in [6.07, 6.45) is 1.66. The first-order chi connectivity index (χ1) is 15.1. The molecule has 0 atom stereocenters. The van der Waals surface area contributed by atoms with Crippen LogP contribution in [0.1, 0.15) is 11.5 Å². The molecule has 31 heavy (non-hydrogen) atoms. The minimum atomic E-state index is -0.191. The molecule has 0 radical (unpaired) electrons. The molecule has 1 heterocycles. The van der Waals surface area contributed by atoms with Gasteiger partial charge in [0, 0.05) is 12.1 Å². The van der Waals surface area contributed by atoms with E-state index in [0.29, 0.717) is 24.0 Å². The van der Waals surface area contributed by atoms with Gasteiger partial charge in [-0.2, -0.15) is 4.98 Å². The second-order valence-corrected chi connectivity index (χ2v) is 7.24. The van der Waals surface area contributed by atoms with Gasteiger partial charge in [-0.05, 0) is 35.9 Å². The Morgan fingerprint density at radius 3 is 2.74 bits per heavy atom.